The number of methoxy groups -OCH3 is 1. The number of amides is 2. The summed E-state index contributed by atoms with van der Waals surface area (Å²) in [6.45, 7) is 4.74. The molecule has 3 aliphatic rings. The molecule has 1 aromatic heterocycles. The molecule has 2 saturated carbocycles. The first-order valence-electron chi connectivity index (χ1n) is 13.3. The van der Waals surface area contributed by atoms with Crippen LogP contribution in [0.4, 0.5) is 0 Å². The van der Waals surface area contributed by atoms with E-state index < -0.39 is 0 Å². The molecule has 1 aliphatic heterocycles. The molecule has 3 fully saturated rings. The number of rotatable bonds is 10. The van der Waals surface area contributed by atoms with Crippen molar-refractivity contribution in [3.8, 4) is 22.8 Å². The van der Waals surface area contributed by atoms with Gasteiger partial charge in [0.1, 0.15) is 15.8 Å². The Kier molecular flexibility index (Phi) is 8.14. The van der Waals surface area contributed by atoms with E-state index in [1.807, 2.05) is 23.1 Å². The fourth-order valence-electron chi connectivity index (χ4n) is 5.65. The van der Waals surface area contributed by atoms with Gasteiger partial charge in [0.25, 0.3) is 11.8 Å². The maximum Gasteiger partial charge on any atom is 0.266 e. The zero-order valence-corrected chi connectivity index (χ0v) is 23.7. The van der Waals surface area contributed by atoms with E-state index in [0.29, 0.717) is 50.6 Å². The minimum absolute atomic E-state index is 0.0118. The Labute approximate surface area is 233 Å². The van der Waals surface area contributed by atoms with Crippen molar-refractivity contribution in [2.45, 2.75) is 52.0 Å². The molecule has 3 unspecified atom stereocenters. The molecule has 9 heteroatoms. The van der Waals surface area contributed by atoms with Crippen molar-refractivity contribution in [1.29, 1.82) is 0 Å². The Bertz CT molecular complexity index is 1250. The van der Waals surface area contributed by atoms with Gasteiger partial charge in [-0.2, -0.15) is 0 Å². The number of nitrogens with one attached hydrogen (secondary N) is 1. The molecule has 7 nitrogen and oxygen atoms in total. The van der Waals surface area contributed by atoms with Crippen LogP contribution in [0.25, 0.3) is 17.4 Å². The maximum absolute atomic E-state index is 13.2. The van der Waals surface area contributed by atoms with Crippen LogP contribution in [-0.2, 0) is 9.59 Å². The van der Waals surface area contributed by atoms with Crippen LogP contribution in [0, 0.1) is 17.8 Å². The van der Waals surface area contributed by atoms with E-state index >= 15 is 0 Å². The molecule has 202 valence electrons. The van der Waals surface area contributed by atoms with Gasteiger partial charge in [0.05, 0.1) is 12.0 Å². The van der Waals surface area contributed by atoms with Crippen LogP contribution in [0.2, 0.25) is 0 Å². The Morgan fingerprint density at radius 2 is 2.08 bits per heavy atom. The summed E-state index contributed by atoms with van der Waals surface area (Å²) in [6, 6.07) is 9.38. The second kappa shape index (κ2) is 11.5. The van der Waals surface area contributed by atoms with Crippen LogP contribution < -0.4 is 14.8 Å². The average molecular weight is 555 g/mol. The quantitative estimate of drug-likeness (QED) is 0.290. The standard InChI is InChI=1S/C29H34N2O5S2/c1-17(2)10-11-30-27(32)16-35-25-14-20(6-8-24(25)34-3)23-9-7-21(36-23)15-26-28(33)31(29(37)38-26)22-13-18-4-5-19(22)12-18/h6-9,14-15,17-19,22H,4-5,10-13,16H2,1-3H3,(H,30,32). The number of thiocarbonyl (C=S) groups is 1. The number of fused-ring (bicyclic) bond motifs is 2. The minimum atomic E-state index is -0.180. The summed E-state index contributed by atoms with van der Waals surface area (Å²) < 4.78 is 17.9. The van der Waals surface area contributed by atoms with Crippen LogP contribution >= 0.6 is 24.0 Å². The highest BCUT2D eigenvalue weighted by Crippen LogP contribution is 2.49. The zero-order valence-electron chi connectivity index (χ0n) is 22.0. The van der Waals surface area contributed by atoms with Crippen molar-refractivity contribution in [2.75, 3.05) is 20.3 Å². The Morgan fingerprint density at radius 3 is 2.79 bits per heavy atom. The largest absolute Gasteiger partial charge is 0.493 e. The number of carbonyl (C=O) groups excluding carboxylic acids is 2. The number of furan rings is 1. The van der Waals surface area contributed by atoms with Gasteiger partial charge in [-0.3, -0.25) is 14.5 Å². The molecule has 0 spiro atoms. The van der Waals surface area contributed by atoms with Crippen molar-refractivity contribution in [1.82, 2.24) is 10.2 Å². The van der Waals surface area contributed by atoms with Crippen LogP contribution in [-0.4, -0.2) is 47.3 Å². The molecule has 2 aliphatic carbocycles. The van der Waals surface area contributed by atoms with Crippen LogP contribution in [0.1, 0.15) is 51.7 Å². The van der Waals surface area contributed by atoms with Gasteiger partial charge in [0.15, 0.2) is 18.1 Å². The lowest BCUT2D eigenvalue weighted by atomic mass is 9.94. The molecule has 3 atom stereocenters. The average Bonchev–Trinajstić information content (AvgIpc) is 3.68. The fraction of sp³-hybridized carbons (Fsp3) is 0.483. The topological polar surface area (TPSA) is 81.0 Å². The predicted molar refractivity (Wildman–Crippen MR) is 153 cm³/mol. The number of thioether (sulfide) groups is 1. The second-order valence-corrected chi connectivity index (χ2v) is 12.4. The summed E-state index contributed by atoms with van der Waals surface area (Å²) in [5.74, 6) is 3.82. The zero-order chi connectivity index (χ0) is 26.8. The Morgan fingerprint density at radius 1 is 1.24 bits per heavy atom. The molecular weight excluding hydrogens is 520 g/mol. The molecule has 2 aromatic rings. The summed E-state index contributed by atoms with van der Waals surface area (Å²) in [5, 5.41) is 2.87. The highest BCUT2D eigenvalue weighted by Gasteiger charge is 2.48. The first kappa shape index (κ1) is 26.8. The van der Waals surface area contributed by atoms with Gasteiger partial charge in [-0.25, -0.2) is 0 Å². The summed E-state index contributed by atoms with van der Waals surface area (Å²) in [5.41, 5.74) is 0.773. The molecular formula is C29H34N2O5S2. The lowest BCUT2D eigenvalue weighted by Crippen LogP contribution is -2.41. The van der Waals surface area contributed by atoms with Gasteiger partial charge in [-0.15, -0.1) is 0 Å². The van der Waals surface area contributed by atoms with Crippen LogP contribution in [0.15, 0.2) is 39.7 Å². The van der Waals surface area contributed by atoms with Gasteiger partial charge in [0.2, 0.25) is 0 Å². The molecule has 1 aromatic carbocycles. The number of nitrogens with zero attached hydrogens (tertiary/aromatic N) is 1. The molecule has 2 heterocycles. The van der Waals surface area contributed by atoms with Crippen LogP contribution in [0.5, 0.6) is 11.5 Å². The molecule has 0 radical (unpaired) electrons. The lowest BCUT2D eigenvalue weighted by molar-refractivity contribution is -0.124. The third kappa shape index (κ3) is 5.78. The Hall–Kier alpha value is -2.78. The van der Waals surface area contributed by atoms with Crippen molar-refractivity contribution < 1.29 is 23.5 Å². The number of carbonyl (C=O) groups is 2. The van der Waals surface area contributed by atoms with E-state index in [0.717, 1.165) is 24.3 Å². The Balaban J connectivity index is 1.26. The second-order valence-electron chi connectivity index (χ2n) is 10.7. The lowest BCUT2D eigenvalue weighted by Gasteiger charge is -2.30. The summed E-state index contributed by atoms with van der Waals surface area (Å²) >= 11 is 6.96. The normalized spacial score (nSPS) is 23.6. The highest BCUT2D eigenvalue weighted by atomic mass is 32.2. The van der Waals surface area contributed by atoms with Crippen molar-refractivity contribution in [3.63, 3.8) is 0 Å². The van der Waals surface area contributed by atoms with Crippen molar-refractivity contribution >= 4 is 46.2 Å². The smallest absolute Gasteiger partial charge is 0.266 e. The molecule has 38 heavy (non-hydrogen) atoms. The van der Waals surface area contributed by atoms with E-state index in [9.17, 15) is 9.59 Å². The van der Waals surface area contributed by atoms with Gasteiger partial charge >= 0.3 is 0 Å². The summed E-state index contributed by atoms with van der Waals surface area (Å²) in [4.78, 5) is 27.9. The number of hydrogen-bond donors (Lipinski definition) is 1. The monoisotopic (exact) mass is 554 g/mol. The first-order valence-corrected chi connectivity index (χ1v) is 14.5. The summed E-state index contributed by atoms with van der Waals surface area (Å²) in [7, 11) is 1.56. The maximum atomic E-state index is 13.2. The predicted octanol–water partition coefficient (Wildman–Crippen LogP) is 5.89. The fourth-order valence-corrected chi connectivity index (χ4v) is 7.00. The minimum Gasteiger partial charge on any atom is -0.493 e. The van der Waals surface area contributed by atoms with E-state index in [2.05, 4.69) is 19.2 Å². The van der Waals surface area contributed by atoms with Gasteiger partial charge < -0.3 is 19.2 Å². The van der Waals surface area contributed by atoms with Crippen molar-refractivity contribution in [2.24, 2.45) is 17.8 Å². The van der Waals surface area contributed by atoms with Gasteiger partial charge in [-0.1, -0.05) is 44.2 Å². The van der Waals surface area contributed by atoms with E-state index in [1.54, 1.807) is 25.3 Å². The third-order valence-corrected chi connectivity index (χ3v) is 8.94. The van der Waals surface area contributed by atoms with Crippen molar-refractivity contribution in [3.05, 3.63) is 41.0 Å². The third-order valence-electron chi connectivity index (χ3n) is 7.61. The molecule has 2 amide bonds. The SMILES string of the molecule is COc1ccc(-c2ccc(C=C3SC(=S)N(C4CC5CCC4C5)C3=O)o2)cc1OCC(=O)NCCC(C)C. The van der Waals surface area contributed by atoms with E-state index in [4.69, 9.17) is 26.1 Å². The van der Waals surface area contributed by atoms with E-state index in [1.165, 1.54) is 31.0 Å². The first-order chi connectivity index (χ1) is 18.3. The number of ether oxygens (including phenoxy) is 2. The van der Waals surface area contributed by atoms with Gasteiger partial charge in [0, 0.05) is 24.2 Å². The number of benzene rings is 1. The molecule has 2 bridgehead atoms. The highest BCUT2D eigenvalue weighted by molar-refractivity contribution is 8.26. The number of hydrogen-bond acceptors (Lipinski definition) is 7. The molecule has 5 rings (SSSR count). The van der Waals surface area contributed by atoms with Gasteiger partial charge in [-0.05, 0) is 73.8 Å². The molecule has 1 saturated heterocycles. The summed E-state index contributed by atoms with van der Waals surface area (Å²) in [6.07, 6.45) is 7.46. The van der Waals surface area contributed by atoms with Crippen LogP contribution in [0.3, 0.4) is 0 Å². The molecule has 1 N–H and O–H groups in total. The van der Waals surface area contributed by atoms with E-state index in [-0.39, 0.29) is 24.5 Å².